The number of allylic oxidation sites excluding steroid dienone is 4. The second kappa shape index (κ2) is 50.0. The first-order valence-electron chi connectivity index (χ1n) is 26.6. The van der Waals surface area contributed by atoms with Crippen LogP contribution >= 0.6 is 0 Å². The fourth-order valence-electron chi connectivity index (χ4n) is 8.10. The molecule has 2 atom stereocenters. The summed E-state index contributed by atoms with van der Waals surface area (Å²) < 4.78 is 5.44. The number of carbonyl (C=O) groups is 2. The van der Waals surface area contributed by atoms with Gasteiger partial charge in [0.15, 0.2) is 0 Å². The van der Waals surface area contributed by atoms with Crippen molar-refractivity contribution in [1.82, 2.24) is 5.32 Å². The van der Waals surface area contributed by atoms with Gasteiger partial charge in [0.2, 0.25) is 5.91 Å². The highest BCUT2D eigenvalue weighted by Gasteiger charge is 2.20. The maximum atomic E-state index is 12.5. The van der Waals surface area contributed by atoms with Gasteiger partial charge in [0.1, 0.15) is 0 Å². The van der Waals surface area contributed by atoms with Gasteiger partial charge in [-0.1, -0.05) is 212 Å². The maximum absolute atomic E-state index is 12.5. The summed E-state index contributed by atoms with van der Waals surface area (Å²) in [7, 11) is 0. The maximum Gasteiger partial charge on any atom is 0.305 e. The molecular weight excluding hydrogens is 743 g/mol. The molecule has 2 unspecified atom stereocenters. The second-order valence-corrected chi connectivity index (χ2v) is 18.2. The molecule has 354 valence electrons. The lowest BCUT2D eigenvalue weighted by molar-refractivity contribution is -0.143. The summed E-state index contributed by atoms with van der Waals surface area (Å²) in [4.78, 5) is 24.5. The van der Waals surface area contributed by atoms with Crippen LogP contribution in [0.25, 0.3) is 0 Å². The molecule has 0 radical (unpaired) electrons. The van der Waals surface area contributed by atoms with Gasteiger partial charge in [-0.2, -0.15) is 0 Å². The number of aliphatic hydroxyl groups excluding tert-OH is 2. The van der Waals surface area contributed by atoms with E-state index >= 15 is 0 Å². The minimum Gasteiger partial charge on any atom is -0.466 e. The standard InChI is InChI=1S/C54H103NO5/c1-3-5-7-9-11-13-15-17-19-21-22-26-30-34-38-42-46-52(57)51(50-56)55-53(58)47-43-39-35-31-27-24-25-29-33-37-41-45-49-60-54(59)48-44-40-36-32-28-23-20-18-16-14-12-10-8-6-4-2/h18,20,25,29,51-52,56-57H,3-17,19,21-24,26-28,30-50H2,1-2H3,(H,55,58)/b20-18-,29-25-. The Morgan fingerprint density at radius 3 is 1.18 bits per heavy atom. The molecule has 0 aliphatic rings. The fraction of sp³-hybridized carbons (Fsp3) is 0.889. The van der Waals surface area contributed by atoms with Crippen LogP contribution in [-0.4, -0.2) is 47.4 Å². The van der Waals surface area contributed by atoms with E-state index in [1.54, 1.807) is 0 Å². The molecule has 0 aliphatic carbocycles. The Hall–Kier alpha value is -1.66. The average molecular weight is 846 g/mol. The highest BCUT2D eigenvalue weighted by Crippen LogP contribution is 2.16. The first kappa shape index (κ1) is 58.3. The van der Waals surface area contributed by atoms with Gasteiger partial charge >= 0.3 is 5.97 Å². The Bertz CT molecular complexity index is 935. The summed E-state index contributed by atoms with van der Waals surface area (Å²) in [5, 5.41) is 23.2. The number of amides is 1. The molecule has 0 aromatic carbocycles. The zero-order chi connectivity index (χ0) is 43.7. The third kappa shape index (κ3) is 45.9. The first-order chi connectivity index (χ1) is 29.5. The predicted molar refractivity (Wildman–Crippen MR) is 260 cm³/mol. The van der Waals surface area contributed by atoms with E-state index in [1.165, 1.54) is 173 Å². The van der Waals surface area contributed by atoms with E-state index in [0.29, 0.717) is 25.9 Å². The lowest BCUT2D eigenvalue weighted by atomic mass is 10.0. The molecule has 0 heterocycles. The molecule has 0 saturated heterocycles. The molecule has 0 aromatic heterocycles. The SMILES string of the molecule is CCCCCCCC/C=C\CCCCCCCC(=O)OCCCCC/C=C\CCCCCCCC(=O)NC(CO)C(O)CCCCCCCCCCCCCCCCCC. The van der Waals surface area contributed by atoms with E-state index in [0.717, 1.165) is 77.0 Å². The third-order valence-corrected chi connectivity index (χ3v) is 12.2. The van der Waals surface area contributed by atoms with E-state index in [2.05, 4.69) is 43.5 Å². The molecule has 0 saturated carbocycles. The van der Waals surface area contributed by atoms with Crippen molar-refractivity contribution in [3.05, 3.63) is 24.3 Å². The highest BCUT2D eigenvalue weighted by atomic mass is 16.5. The zero-order valence-electron chi connectivity index (χ0n) is 40.2. The van der Waals surface area contributed by atoms with Crippen molar-refractivity contribution in [2.75, 3.05) is 13.2 Å². The number of rotatable bonds is 49. The molecule has 6 nitrogen and oxygen atoms in total. The Morgan fingerprint density at radius 1 is 0.450 bits per heavy atom. The number of hydrogen-bond acceptors (Lipinski definition) is 5. The summed E-state index contributed by atoms with van der Waals surface area (Å²) in [5.74, 6) is -0.0908. The van der Waals surface area contributed by atoms with Gasteiger partial charge in [-0.15, -0.1) is 0 Å². The summed E-state index contributed by atoms with van der Waals surface area (Å²) in [6.45, 7) is 4.89. The monoisotopic (exact) mass is 846 g/mol. The number of unbranched alkanes of at least 4 members (excludes halogenated alkanes) is 34. The molecule has 0 bridgehead atoms. The van der Waals surface area contributed by atoms with Gasteiger partial charge in [0, 0.05) is 12.8 Å². The van der Waals surface area contributed by atoms with E-state index in [-0.39, 0.29) is 18.5 Å². The quantitative estimate of drug-likeness (QED) is 0.0322. The average Bonchev–Trinajstić information content (AvgIpc) is 3.25. The molecule has 0 fully saturated rings. The minimum atomic E-state index is -0.680. The van der Waals surface area contributed by atoms with Crippen LogP contribution in [-0.2, 0) is 14.3 Å². The largest absolute Gasteiger partial charge is 0.466 e. The fourth-order valence-corrected chi connectivity index (χ4v) is 8.10. The molecule has 3 N–H and O–H groups in total. The number of nitrogens with one attached hydrogen (secondary N) is 1. The molecule has 0 aromatic rings. The molecule has 60 heavy (non-hydrogen) atoms. The number of esters is 1. The van der Waals surface area contributed by atoms with E-state index in [9.17, 15) is 19.8 Å². The van der Waals surface area contributed by atoms with Gasteiger partial charge in [-0.3, -0.25) is 9.59 Å². The Kier molecular flexibility index (Phi) is 48.6. The number of aliphatic hydroxyl groups is 2. The van der Waals surface area contributed by atoms with Gasteiger partial charge in [-0.25, -0.2) is 0 Å². The topological polar surface area (TPSA) is 95.9 Å². The van der Waals surface area contributed by atoms with Crippen molar-refractivity contribution in [3.63, 3.8) is 0 Å². The van der Waals surface area contributed by atoms with Crippen molar-refractivity contribution < 1.29 is 24.5 Å². The minimum absolute atomic E-state index is 0.0306. The van der Waals surface area contributed by atoms with E-state index in [1.807, 2.05) is 0 Å². The summed E-state index contributed by atoms with van der Waals surface area (Å²) in [6, 6.07) is -0.560. The number of ether oxygens (including phenoxy) is 1. The van der Waals surface area contributed by atoms with Crippen molar-refractivity contribution in [1.29, 1.82) is 0 Å². The van der Waals surface area contributed by atoms with Crippen LogP contribution in [0.1, 0.15) is 284 Å². The Labute approximate surface area is 373 Å². The van der Waals surface area contributed by atoms with E-state index < -0.39 is 12.1 Å². The molecular formula is C54H103NO5. The molecule has 0 spiro atoms. The first-order valence-corrected chi connectivity index (χ1v) is 26.6. The van der Waals surface area contributed by atoms with Crippen LogP contribution in [0.5, 0.6) is 0 Å². The highest BCUT2D eigenvalue weighted by molar-refractivity contribution is 5.76. The van der Waals surface area contributed by atoms with Crippen LogP contribution in [0.4, 0.5) is 0 Å². The Balaban J connectivity index is 3.51. The predicted octanol–water partition coefficient (Wildman–Crippen LogP) is 15.9. The van der Waals surface area contributed by atoms with Crippen molar-refractivity contribution in [2.24, 2.45) is 0 Å². The second-order valence-electron chi connectivity index (χ2n) is 18.2. The zero-order valence-corrected chi connectivity index (χ0v) is 40.2. The van der Waals surface area contributed by atoms with Crippen molar-refractivity contribution >= 4 is 11.9 Å². The molecule has 6 heteroatoms. The molecule has 1 amide bonds. The number of hydrogen-bond donors (Lipinski definition) is 3. The van der Waals surface area contributed by atoms with Crippen LogP contribution in [0.15, 0.2) is 24.3 Å². The lowest BCUT2D eigenvalue weighted by Crippen LogP contribution is -2.45. The van der Waals surface area contributed by atoms with Crippen LogP contribution in [0.2, 0.25) is 0 Å². The molecule has 0 rings (SSSR count). The van der Waals surface area contributed by atoms with Crippen LogP contribution in [0, 0.1) is 0 Å². The van der Waals surface area contributed by atoms with Gasteiger partial charge in [0.25, 0.3) is 0 Å². The van der Waals surface area contributed by atoms with E-state index in [4.69, 9.17) is 4.74 Å². The van der Waals surface area contributed by atoms with Crippen molar-refractivity contribution in [2.45, 2.75) is 296 Å². The van der Waals surface area contributed by atoms with Crippen LogP contribution in [0.3, 0.4) is 0 Å². The summed E-state index contributed by atoms with van der Waals surface area (Å²) in [6.07, 6.45) is 58.6. The summed E-state index contributed by atoms with van der Waals surface area (Å²) in [5.41, 5.74) is 0. The van der Waals surface area contributed by atoms with Gasteiger partial charge < -0.3 is 20.3 Å². The third-order valence-electron chi connectivity index (χ3n) is 12.2. The van der Waals surface area contributed by atoms with Crippen LogP contribution < -0.4 is 5.32 Å². The normalized spacial score (nSPS) is 12.8. The molecule has 0 aliphatic heterocycles. The number of carbonyl (C=O) groups excluding carboxylic acids is 2. The van der Waals surface area contributed by atoms with Gasteiger partial charge in [-0.05, 0) is 83.5 Å². The Morgan fingerprint density at radius 2 is 0.783 bits per heavy atom. The summed E-state index contributed by atoms with van der Waals surface area (Å²) >= 11 is 0. The lowest BCUT2D eigenvalue weighted by Gasteiger charge is -2.22. The van der Waals surface area contributed by atoms with Gasteiger partial charge in [0.05, 0.1) is 25.4 Å². The van der Waals surface area contributed by atoms with Crippen molar-refractivity contribution in [3.8, 4) is 0 Å². The smallest absolute Gasteiger partial charge is 0.305 e.